The van der Waals surface area contributed by atoms with Gasteiger partial charge in [-0.05, 0) is 44.5 Å². The summed E-state index contributed by atoms with van der Waals surface area (Å²) in [4.78, 5) is 13.8. The molecule has 0 spiro atoms. The fourth-order valence-electron chi connectivity index (χ4n) is 1.51. The smallest absolute Gasteiger partial charge is 0.349 e. The fourth-order valence-corrected chi connectivity index (χ4v) is 1.51. The summed E-state index contributed by atoms with van der Waals surface area (Å²) in [6.45, 7) is 5.31. The molecule has 0 atom stereocenters. The molecule has 0 saturated carbocycles. The summed E-state index contributed by atoms with van der Waals surface area (Å²) < 4.78 is 5.19. The third-order valence-electron chi connectivity index (χ3n) is 2.46. The Kier molecular flexibility index (Phi) is 4.93. The monoisotopic (exact) mass is 272 g/mol. The first-order valence-corrected chi connectivity index (χ1v) is 6.35. The molecule has 0 radical (unpaired) electrons. The van der Waals surface area contributed by atoms with E-state index < -0.39 is 11.6 Å². The summed E-state index contributed by atoms with van der Waals surface area (Å²) in [6.07, 6.45) is 1.54. The molecule has 4 heteroatoms. The summed E-state index contributed by atoms with van der Waals surface area (Å²) >= 11 is 0. The van der Waals surface area contributed by atoms with Gasteiger partial charge in [0, 0.05) is 19.8 Å². The van der Waals surface area contributed by atoms with Crippen LogP contribution in [0.4, 0.5) is 5.69 Å². The maximum Gasteiger partial charge on any atom is 0.349 e. The minimum atomic E-state index is -0.609. The predicted octanol–water partition coefficient (Wildman–Crippen LogP) is 3.00. The standard InChI is InChI=1S/C16H20N2O2/c1-16(2,3)20-15(19)13(11-17)10-12-6-8-14(9-7-12)18(4)5/h6-10H,1-5H3. The molecule has 0 saturated heterocycles. The Hall–Kier alpha value is -2.28. The summed E-state index contributed by atoms with van der Waals surface area (Å²) in [6, 6.07) is 9.46. The van der Waals surface area contributed by atoms with E-state index in [1.165, 1.54) is 6.08 Å². The van der Waals surface area contributed by atoms with Crippen LogP contribution in [0.25, 0.3) is 6.08 Å². The largest absolute Gasteiger partial charge is 0.456 e. The number of hydrogen-bond donors (Lipinski definition) is 0. The first-order chi connectivity index (χ1) is 9.23. The molecule has 4 nitrogen and oxygen atoms in total. The second kappa shape index (κ2) is 6.25. The number of esters is 1. The van der Waals surface area contributed by atoms with Crippen LogP contribution in [0.1, 0.15) is 26.3 Å². The van der Waals surface area contributed by atoms with Crippen molar-refractivity contribution in [3.05, 3.63) is 35.4 Å². The molecule has 0 aromatic heterocycles. The van der Waals surface area contributed by atoms with E-state index in [9.17, 15) is 4.79 Å². The molecule has 0 heterocycles. The third kappa shape index (κ3) is 4.77. The molecule has 0 aliphatic rings. The molecule has 0 bridgehead atoms. The third-order valence-corrected chi connectivity index (χ3v) is 2.46. The van der Waals surface area contributed by atoms with E-state index in [1.54, 1.807) is 20.8 Å². The van der Waals surface area contributed by atoms with Crippen molar-refractivity contribution >= 4 is 17.7 Å². The van der Waals surface area contributed by atoms with Crippen LogP contribution in [-0.4, -0.2) is 25.7 Å². The molecule has 20 heavy (non-hydrogen) atoms. The zero-order valence-electron chi connectivity index (χ0n) is 12.6. The summed E-state index contributed by atoms with van der Waals surface area (Å²) in [5.41, 5.74) is 1.23. The molecule has 0 N–H and O–H groups in total. The summed E-state index contributed by atoms with van der Waals surface area (Å²) in [5.74, 6) is -0.600. The highest BCUT2D eigenvalue weighted by Gasteiger charge is 2.19. The summed E-state index contributed by atoms with van der Waals surface area (Å²) in [7, 11) is 3.90. The van der Waals surface area contributed by atoms with Gasteiger partial charge in [0.05, 0.1) is 0 Å². The lowest BCUT2D eigenvalue weighted by molar-refractivity contribution is -0.149. The van der Waals surface area contributed by atoms with Crippen LogP contribution in [0.2, 0.25) is 0 Å². The highest BCUT2D eigenvalue weighted by Crippen LogP contribution is 2.16. The molecule has 0 aliphatic heterocycles. The normalized spacial score (nSPS) is 11.7. The molecule has 106 valence electrons. The molecule has 0 unspecified atom stereocenters. The van der Waals surface area contributed by atoms with E-state index >= 15 is 0 Å². The van der Waals surface area contributed by atoms with Crippen molar-refractivity contribution in [1.29, 1.82) is 5.26 Å². The quantitative estimate of drug-likeness (QED) is 0.482. The fraction of sp³-hybridized carbons (Fsp3) is 0.375. The molecule has 0 aliphatic carbocycles. The van der Waals surface area contributed by atoms with Crippen LogP contribution in [0, 0.1) is 11.3 Å². The van der Waals surface area contributed by atoms with Crippen molar-refractivity contribution in [2.45, 2.75) is 26.4 Å². The summed E-state index contributed by atoms with van der Waals surface area (Å²) in [5, 5.41) is 9.07. The van der Waals surface area contributed by atoms with Crippen LogP contribution >= 0.6 is 0 Å². The van der Waals surface area contributed by atoms with Gasteiger partial charge in [0.2, 0.25) is 0 Å². The molecular formula is C16H20N2O2. The van der Waals surface area contributed by atoms with Gasteiger partial charge in [-0.25, -0.2) is 4.79 Å². The van der Waals surface area contributed by atoms with Crippen molar-refractivity contribution < 1.29 is 9.53 Å². The average Bonchev–Trinajstić information content (AvgIpc) is 2.34. The van der Waals surface area contributed by atoms with Gasteiger partial charge in [0.25, 0.3) is 0 Å². The maximum atomic E-state index is 11.8. The van der Waals surface area contributed by atoms with Gasteiger partial charge < -0.3 is 9.64 Å². The molecule has 1 rings (SSSR count). The van der Waals surface area contributed by atoms with Crippen LogP contribution in [0.3, 0.4) is 0 Å². The number of benzene rings is 1. The van der Waals surface area contributed by atoms with Gasteiger partial charge >= 0.3 is 5.97 Å². The van der Waals surface area contributed by atoms with E-state index in [2.05, 4.69) is 0 Å². The minimum absolute atomic E-state index is 0.00229. The first kappa shape index (κ1) is 15.8. The van der Waals surface area contributed by atoms with Crippen molar-refractivity contribution in [2.75, 3.05) is 19.0 Å². The van der Waals surface area contributed by atoms with Crippen LogP contribution in [0.5, 0.6) is 0 Å². The molecule has 1 aromatic rings. The van der Waals surface area contributed by atoms with E-state index in [1.807, 2.05) is 49.3 Å². The minimum Gasteiger partial charge on any atom is -0.456 e. The highest BCUT2D eigenvalue weighted by atomic mass is 16.6. The second-order valence-corrected chi connectivity index (χ2v) is 5.66. The predicted molar refractivity (Wildman–Crippen MR) is 80.2 cm³/mol. The van der Waals surface area contributed by atoms with Crippen LogP contribution in [0.15, 0.2) is 29.8 Å². The van der Waals surface area contributed by atoms with Crippen molar-refractivity contribution in [1.82, 2.24) is 0 Å². The van der Waals surface area contributed by atoms with E-state index in [0.717, 1.165) is 11.3 Å². The maximum absolute atomic E-state index is 11.8. The second-order valence-electron chi connectivity index (χ2n) is 5.66. The van der Waals surface area contributed by atoms with Gasteiger partial charge in [-0.3, -0.25) is 0 Å². The van der Waals surface area contributed by atoms with Crippen molar-refractivity contribution in [3.8, 4) is 6.07 Å². The number of anilines is 1. The van der Waals surface area contributed by atoms with E-state index in [0.29, 0.717) is 0 Å². The van der Waals surface area contributed by atoms with Crippen molar-refractivity contribution in [2.24, 2.45) is 0 Å². The lowest BCUT2D eigenvalue weighted by Crippen LogP contribution is -2.24. The van der Waals surface area contributed by atoms with Gasteiger partial charge in [0.1, 0.15) is 17.2 Å². The number of carbonyl (C=O) groups excluding carboxylic acids is 1. The highest BCUT2D eigenvalue weighted by molar-refractivity contribution is 5.98. The Morgan fingerprint density at radius 1 is 1.25 bits per heavy atom. The number of rotatable bonds is 3. The Balaban J connectivity index is 2.95. The SMILES string of the molecule is CN(C)c1ccc(C=C(C#N)C(=O)OC(C)(C)C)cc1. The Morgan fingerprint density at radius 3 is 2.20 bits per heavy atom. The Labute approximate surface area is 120 Å². The van der Waals surface area contributed by atoms with Gasteiger partial charge in [-0.2, -0.15) is 5.26 Å². The van der Waals surface area contributed by atoms with Crippen LogP contribution in [-0.2, 0) is 9.53 Å². The number of hydrogen-bond acceptors (Lipinski definition) is 4. The van der Waals surface area contributed by atoms with E-state index in [-0.39, 0.29) is 5.57 Å². The molecule has 0 fully saturated rings. The molecule has 0 amide bonds. The number of ether oxygens (including phenoxy) is 1. The Morgan fingerprint density at radius 2 is 1.80 bits per heavy atom. The zero-order chi connectivity index (χ0) is 15.3. The lowest BCUT2D eigenvalue weighted by Gasteiger charge is -2.19. The number of carbonyl (C=O) groups is 1. The topological polar surface area (TPSA) is 53.3 Å². The van der Waals surface area contributed by atoms with Gasteiger partial charge in [0.15, 0.2) is 0 Å². The van der Waals surface area contributed by atoms with E-state index in [4.69, 9.17) is 10.00 Å². The lowest BCUT2D eigenvalue weighted by atomic mass is 10.1. The van der Waals surface area contributed by atoms with Gasteiger partial charge in [-0.1, -0.05) is 12.1 Å². The van der Waals surface area contributed by atoms with Crippen molar-refractivity contribution in [3.63, 3.8) is 0 Å². The first-order valence-electron chi connectivity index (χ1n) is 6.35. The van der Waals surface area contributed by atoms with Gasteiger partial charge in [-0.15, -0.1) is 0 Å². The zero-order valence-corrected chi connectivity index (χ0v) is 12.6. The molecule has 1 aromatic carbocycles. The molecular weight excluding hydrogens is 252 g/mol. The average molecular weight is 272 g/mol. The Bertz CT molecular complexity index is 543. The number of nitriles is 1. The number of nitrogens with zero attached hydrogens (tertiary/aromatic N) is 2. The van der Waals surface area contributed by atoms with Crippen LogP contribution < -0.4 is 4.90 Å².